The summed E-state index contributed by atoms with van der Waals surface area (Å²) in [6, 6.07) is 10.00. The predicted molar refractivity (Wildman–Crippen MR) is 119 cm³/mol. The molecule has 29 heavy (non-hydrogen) atoms. The first-order valence-corrected chi connectivity index (χ1v) is 11.1. The van der Waals surface area contributed by atoms with Crippen LogP contribution in [-0.4, -0.2) is 40.2 Å². The summed E-state index contributed by atoms with van der Waals surface area (Å²) >= 11 is 1.67. The minimum atomic E-state index is -0.0526. The first-order chi connectivity index (χ1) is 14.0. The Balaban J connectivity index is 1.49. The standard InChI is InChI=1S/C22H25N5OS/c1-14-15(2)25-21-20(24-14)11-18(12-23-21)27-9-5-6-16(13-27)22(28)26-17-7-4-8-19(10-17)29-3/h4,7-8,10-12,16H,5-6,9,13H2,1-3H3,(H,26,28)/t16-/m1/s1. The van der Waals surface area contributed by atoms with E-state index in [1.54, 1.807) is 11.8 Å². The summed E-state index contributed by atoms with van der Waals surface area (Å²) in [5.74, 6) is 0.0242. The lowest BCUT2D eigenvalue weighted by molar-refractivity contribution is -0.120. The largest absolute Gasteiger partial charge is 0.369 e. The van der Waals surface area contributed by atoms with Crippen molar-refractivity contribution >= 4 is 40.2 Å². The van der Waals surface area contributed by atoms with Gasteiger partial charge in [-0.1, -0.05) is 6.07 Å². The fourth-order valence-corrected chi connectivity index (χ4v) is 4.11. The topological polar surface area (TPSA) is 71.0 Å². The number of pyridine rings is 1. The molecule has 4 rings (SSSR count). The van der Waals surface area contributed by atoms with E-state index in [9.17, 15) is 4.79 Å². The molecule has 2 aromatic heterocycles. The number of benzene rings is 1. The zero-order chi connectivity index (χ0) is 20.4. The van der Waals surface area contributed by atoms with Crippen LogP contribution in [0.25, 0.3) is 11.2 Å². The van der Waals surface area contributed by atoms with Gasteiger partial charge in [0.1, 0.15) is 5.52 Å². The van der Waals surface area contributed by atoms with E-state index in [0.29, 0.717) is 12.2 Å². The van der Waals surface area contributed by atoms with Gasteiger partial charge in [-0.25, -0.2) is 15.0 Å². The normalized spacial score (nSPS) is 16.8. The van der Waals surface area contributed by atoms with Crippen LogP contribution in [0.15, 0.2) is 41.4 Å². The number of aryl methyl sites for hydroxylation is 2. The van der Waals surface area contributed by atoms with Gasteiger partial charge in [-0.05, 0) is 57.2 Å². The van der Waals surface area contributed by atoms with E-state index < -0.39 is 0 Å². The average molecular weight is 408 g/mol. The van der Waals surface area contributed by atoms with Crippen LogP contribution in [0.1, 0.15) is 24.2 Å². The third-order valence-electron chi connectivity index (χ3n) is 5.41. The fourth-order valence-electron chi connectivity index (χ4n) is 3.65. The lowest BCUT2D eigenvalue weighted by Gasteiger charge is -2.33. The van der Waals surface area contributed by atoms with Gasteiger partial charge in [-0.15, -0.1) is 11.8 Å². The van der Waals surface area contributed by atoms with Crippen LogP contribution in [0.5, 0.6) is 0 Å². The molecule has 1 amide bonds. The van der Waals surface area contributed by atoms with Crippen molar-refractivity contribution in [3.8, 4) is 0 Å². The van der Waals surface area contributed by atoms with Crippen LogP contribution in [0.3, 0.4) is 0 Å². The summed E-state index contributed by atoms with van der Waals surface area (Å²) < 4.78 is 0. The Morgan fingerprint density at radius 1 is 1.21 bits per heavy atom. The molecule has 1 aliphatic rings. The number of carbonyl (C=O) groups is 1. The maximum Gasteiger partial charge on any atom is 0.229 e. The van der Waals surface area contributed by atoms with E-state index in [1.165, 1.54) is 0 Å². The second-order valence-corrected chi connectivity index (χ2v) is 8.32. The predicted octanol–water partition coefficient (Wildman–Crippen LogP) is 4.22. The van der Waals surface area contributed by atoms with E-state index in [1.807, 2.05) is 56.6 Å². The van der Waals surface area contributed by atoms with Crippen molar-refractivity contribution in [2.45, 2.75) is 31.6 Å². The van der Waals surface area contributed by atoms with E-state index in [4.69, 9.17) is 0 Å². The number of thioether (sulfide) groups is 1. The molecule has 0 saturated carbocycles. The molecule has 0 unspecified atom stereocenters. The lowest BCUT2D eigenvalue weighted by Crippen LogP contribution is -2.40. The van der Waals surface area contributed by atoms with Gasteiger partial charge in [-0.2, -0.15) is 0 Å². The number of hydrogen-bond donors (Lipinski definition) is 1. The Hall–Kier alpha value is -2.67. The molecule has 1 aliphatic heterocycles. The van der Waals surface area contributed by atoms with E-state index in [2.05, 4.69) is 25.2 Å². The second kappa shape index (κ2) is 8.37. The van der Waals surface area contributed by atoms with E-state index >= 15 is 0 Å². The van der Waals surface area contributed by atoms with Crippen LogP contribution in [0, 0.1) is 19.8 Å². The average Bonchev–Trinajstić information content (AvgIpc) is 2.74. The molecule has 3 aromatic rings. The molecule has 3 heterocycles. The van der Waals surface area contributed by atoms with Gasteiger partial charge in [0.2, 0.25) is 5.91 Å². The molecule has 0 bridgehead atoms. The first kappa shape index (κ1) is 19.6. The molecule has 0 aliphatic carbocycles. The van der Waals surface area contributed by atoms with Crippen molar-refractivity contribution in [2.75, 3.05) is 29.6 Å². The van der Waals surface area contributed by atoms with Gasteiger partial charge < -0.3 is 10.2 Å². The third kappa shape index (κ3) is 4.34. The van der Waals surface area contributed by atoms with E-state index in [0.717, 1.165) is 52.6 Å². The summed E-state index contributed by atoms with van der Waals surface area (Å²) in [7, 11) is 0. The minimum Gasteiger partial charge on any atom is -0.369 e. The van der Waals surface area contributed by atoms with Gasteiger partial charge in [0.15, 0.2) is 5.65 Å². The Morgan fingerprint density at radius 2 is 2.03 bits per heavy atom. The number of piperidine rings is 1. The van der Waals surface area contributed by atoms with E-state index in [-0.39, 0.29) is 11.8 Å². The Labute approximate surface area is 175 Å². The summed E-state index contributed by atoms with van der Waals surface area (Å²) in [6.45, 7) is 5.50. The number of nitrogens with one attached hydrogen (secondary N) is 1. The van der Waals surface area contributed by atoms with Crippen molar-refractivity contribution in [3.05, 3.63) is 47.9 Å². The monoisotopic (exact) mass is 407 g/mol. The zero-order valence-electron chi connectivity index (χ0n) is 17.0. The van der Waals surface area contributed by atoms with Crippen LogP contribution < -0.4 is 10.2 Å². The number of aromatic nitrogens is 3. The maximum atomic E-state index is 12.9. The van der Waals surface area contributed by atoms with Gasteiger partial charge in [0.05, 0.1) is 29.2 Å². The Bertz CT molecular complexity index is 1050. The number of rotatable bonds is 4. The summed E-state index contributed by atoms with van der Waals surface area (Å²) in [6.07, 6.45) is 5.74. The second-order valence-electron chi connectivity index (χ2n) is 7.44. The highest BCUT2D eigenvalue weighted by Crippen LogP contribution is 2.26. The van der Waals surface area contributed by atoms with Crippen molar-refractivity contribution in [1.82, 2.24) is 15.0 Å². The number of nitrogens with zero attached hydrogens (tertiary/aromatic N) is 4. The molecule has 1 atom stereocenters. The summed E-state index contributed by atoms with van der Waals surface area (Å²) in [5, 5.41) is 3.08. The number of hydrogen-bond acceptors (Lipinski definition) is 6. The molecule has 6 nitrogen and oxygen atoms in total. The molecular formula is C22H25N5OS. The molecule has 1 fully saturated rings. The third-order valence-corrected chi connectivity index (χ3v) is 6.14. The molecule has 0 spiro atoms. The molecule has 1 saturated heterocycles. The smallest absolute Gasteiger partial charge is 0.229 e. The van der Waals surface area contributed by atoms with Gasteiger partial charge >= 0.3 is 0 Å². The Kier molecular flexibility index (Phi) is 5.67. The molecular weight excluding hydrogens is 382 g/mol. The SMILES string of the molecule is CSc1cccc(NC(=O)[C@@H]2CCCN(c3cnc4nc(C)c(C)nc4c3)C2)c1. The van der Waals surface area contributed by atoms with Gasteiger partial charge in [0.25, 0.3) is 0 Å². The number of fused-ring (bicyclic) bond motifs is 1. The van der Waals surface area contributed by atoms with Gasteiger partial charge in [0, 0.05) is 23.7 Å². The highest BCUT2D eigenvalue weighted by molar-refractivity contribution is 7.98. The fraction of sp³-hybridized carbons (Fsp3) is 0.364. The van der Waals surface area contributed by atoms with Crippen molar-refractivity contribution in [1.29, 1.82) is 0 Å². The number of carbonyl (C=O) groups excluding carboxylic acids is 1. The summed E-state index contributed by atoms with van der Waals surface area (Å²) in [4.78, 5) is 29.9. The van der Waals surface area contributed by atoms with Crippen molar-refractivity contribution < 1.29 is 4.79 Å². The maximum absolute atomic E-state index is 12.9. The highest BCUT2D eigenvalue weighted by Gasteiger charge is 2.26. The van der Waals surface area contributed by atoms with Gasteiger partial charge in [-0.3, -0.25) is 4.79 Å². The molecule has 1 N–H and O–H groups in total. The first-order valence-electron chi connectivity index (χ1n) is 9.84. The molecule has 1 aromatic carbocycles. The summed E-state index contributed by atoms with van der Waals surface area (Å²) in [5.41, 5.74) is 5.13. The zero-order valence-corrected chi connectivity index (χ0v) is 17.8. The number of anilines is 2. The number of amides is 1. The minimum absolute atomic E-state index is 0.0526. The molecule has 7 heteroatoms. The quantitative estimate of drug-likeness (QED) is 0.653. The highest BCUT2D eigenvalue weighted by atomic mass is 32.2. The Morgan fingerprint density at radius 3 is 2.86 bits per heavy atom. The van der Waals surface area contributed by atoms with Crippen LogP contribution in [0.4, 0.5) is 11.4 Å². The lowest BCUT2D eigenvalue weighted by atomic mass is 9.96. The van der Waals surface area contributed by atoms with Crippen LogP contribution >= 0.6 is 11.8 Å². The van der Waals surface area contributed by atoms with Crippen LogP contribution in [0.2, 0.25) is 0 Å². The molecule has 0 radical (unpaired) electrons. The van der Waals surface area contributed by atoms with Crippen molar-refractivity contribution in [2.24, 2.45) is 5.92 Å². The van der Waals surface area contributed by atoms with Crippen LogP contribution in [-0.2, 0) is 4.79 Å². The molecule has 150 valence electrons. The van der Waals surface area contributed by atoms with Crippen molar-refractivity contribution in [3.63, 3.8) is 0 Å².